The van der Waals surface area contributed by atoms with Crippen molar-refractivity contribution in [3.63, 3.8) is 0 Å². The monoisotopic (exact) mass is 239 g/mol. The van der Waals surface area contributed by atoms with Crippen LogP contribution in [0.2, 0.25) is 0 Å². The van der Waals surface area contributed by atoms with E-state index < -0.39 is 0 Å². The second kappa shape index (κ2) is 5.38. The zero-order valence-corrected chi connectivity index (χ0v) is 11.2. The lowest BCUT2D eigenvalue weighted by Crippen LogP contribution is -2.48. The summed E-state index contributed by atoms with van der Waals surface area (Å²) in [5, 5.41) is 3.21. The Kier molecular flexibility index (Phi) is 4.08. The normalized spacial score (nSPS) is 36.1. The molecule has 0 bridgehead atoms. The van der Waals surface area contributed by atoms with E-state index in [0.29, 0.717) is 17.8 Å². The molecule has 1 aliphatic heterocycles. The molecule has 0 radical (unpaired) electrons. The van der Waals surface area contributed by atoms with Gasteiger partial charge in [-0.3, -0.25) is 4.79 Å². The Morgan fingerprint density at radius 1 is 1.18 bits per heavy atom. The molecule has 1 saturated carbocycles. The molecular formula is C14H25NO2. The van der Waals surface area contributed by atoms with Gasteiger partial charge in [-0.1, -0.05) is 20.8 Å². The average molecular weight is 239 g/mol. The van der Waals surface area contributed by atoms with Gasteiger partial charge in [-0.05, 0) is 50.1 Å². The van der Waals surface area contributed by atoms with E-state index in [2.05, 4.69) is 19.2 Å². The van der Waals surface area contributed by atoms with E-state index in [9.17, 15) is 4.79 Å². The van der Waals surface area contributed by atoms with Gasteiger partial charge in [0.1, 0.15) is 6.10 Å². The van der Waals surface area contributed by atoms with Gasteiger partial charge in [0, 0.05) is 0 Å². The van der Waals surface area contributed by atoms with Crippen LogP contribution < -0.4 is 5.32 Å². The number of ether oxygens (including phenoxy) is 1. The largest absolute Gasteiger partial charge is 0.462 e. The molecule has 2 rings (SSSR count). The van der Waals surface area contributed by atoms with Gasteiger partial charge in [0.2, 0.25) is 0 Å². The van der Waals surface area contributed by atoms with Crippen LogP contribution in [0, 0.1) is 23.7 Å². The van der Waals surface area contributed by atoms with Crippen molar-refractivity contribution in [2.24, 2.45) is 23.7 Å². The van der Waals surface area contributed by atoms with Crippen LogP contribution in [-0.2, 0) is 9.53 Å². The van der Waals surface area contributed by atoms with E-state index in [0.717, 1.165) is 25.9 Å². The number of carbonyl (C=O) groups excluding carboxylic acids is 1. The summed E-state index contributed by atoms with van der Waals surface area (Å²) >= 11 is 0. The standard InChI is InChI=1S/C14H25NO2/c1-9-4-10(2)6-13(5-9)17-14(16)11(3)12-7-15-8-12/h9-13,15H,4-8H2,1-3H3. The first-order valence-corrected chi connectivity index (χ1v) is 6.97. The SMILES string of the molecule is CC1CC(C)CC(OC(=O)C(C)C2CNC2)C1. The van der Waals surface area contributed by atoms with Crippen molar-refractivity contribution in [3.05, 3.63) is 0 Å². The molecule has 3 heteroatoms. The summed E-state index contributed by atoms with van der Waals surface area (Å²) in [6.07, 6.45) is 3.53. The summed E-state index contributed by atoms with van der Waals surface area (Å²) < 4.78 is 5.68. The number of nitrogens with one attached hydrogen (secondary N) is 1. The fraction of sp³-hybridized carbons (Fsp3) is 0.929. The highest BCUT2D eigenvalue weighted by Crippen LogP contribution is 2.31. The third-order valence-corrected chi connectivity index (χ3v) is 4.31. The van der Waals surface area contributed by atoms with Crippen molar-refractivity contribution in [2.75, 3.05) is 13.1 Å². The van der Waals surface area contributed by atoms with Gasteiger partial charge in [-0.2, -0.15) is 0 Å². The molecule has 17 heavy (non-hydrogen) atoms. The number of carbonyl (C=O) groups is 1. The summed E-state index contributed by atoms with van der Waals surface area (Å²) in [4.78, 5) is 12.0. The molecule has 1 aliphatic carbocycles. The molecule has 1 heterocycles. The highest BCUT2D eigenvalue weighted by atomic mass is 16.5. The van der Waals surface area contributed by atoms with E-state index in [-0.39, 0.29) is 18.0 Å². The molecule has 3 atom stereocenters. The molecule has 0 spiro atoms. The van der Waals surface area contributed by atoms with Crippen LogP contribution in [0.15, 0.2) is 0 Å². The first kappa shape index (κ1) is 12.9. The fourth-order valence-corrected chi connectivity index (χ4v) is 3.10. The Morgan fingerprint density at radius 2 is 1.76 bits per heavy atom. The lowest BCUT2D eigenvalue weighted by Gasteiger charge is -2.35. The van der Waals surface area contributed by atoms with Gasteiger partial charge in [0.15, 0.2) is 0 Å². The van der Waals surface area contributed by atoms with E-state index in [1.165, 1.54) is 6.42 Å². The minimum Gasteiger partial charge on any atom is -0.462 e. The van der Waals surface area contributed by atoms with E-state index >= 15 is 0 Å². The van der Waals surface area contributed by atoms with Crippen LogP contribution in [-0.4, -0.2) is 25.2 Å². The maximum absolute atomic E-state index is 12.0. The van der Waals surface area contributed by atoms with Gasteiger partial charge in [-0.15, -0.1) is 0 Å². The van der Waals surface area contributed by atoms with Crippen molar-refractivity contribution in [2.45, 2.75) is 46.1 Å². The van der Waals surface area contributed by atoms with Gasteiger partial charge in [0.05, 0.1) is 5.92 Å². The predicted octanol–water partition coefficient (Wildman–Crippen LogP) is 2.21. The van der Waals surface area contributed by atoms with Crippen molar-refractivity contribution in [1.82, 2.24) is 5.32 Å². The van der Waals surface area contributed by atoms with Gasteiger partial charge in [0.25, 0.3) is 0 Å². The zero-order chi connectivity index (χ0) is 12.4. The quantitative estimate of drug-likeness (QED) is 0.767. The minimum absolute atomic E-state index is 0.0165. The molecule has 3 unspecified atom stereocenters. The Hall–Kier alpha value is -0.570. The van der Waals surface area contributed by atoms with E-state index in [1.54, 1.807) is 0 Å². The Bertz CT molecular complexity index is 265. The maximum atomic E-state index is 12.0. The van der Waals surface area contributed by atoms with Crippen LogP contribution in [0.5, 0.6) is 0 Å². The molecule has 2 fully saturated rings. The Morgan fingerprint density at radius 3 is 2.24 bits per heavy atom. The molecule has 98 valence electrons. The summed E-state index contributed by atoms with van der Waals surface area (Å²) in [6.45, 7) is 8.45. The topological polar surface area (TPSA) is 38.3 Å². The minimum atomic E-state index is 0.0165. The van der Waals surface area contributed by atoms with Gasteiger partial charge < -0.3 is 10.1 Å². The molecule has 1 saturated heterocycles. The number of esters is 1. The Balaban J connectivity index is 1.80. The third-order valence-electron chi connectivity index (χ3n) is 4.31. The van der Waals surface area contributed by atoms with Crippen LogP contribution in [0.4, 0.5) is 0 Å². The first-order chi connectivity index (χ1) is 8.06. The van der Waals surface area contributed by atoms with Crippen LogP contribution in [0.3, 0.4) is 0 Å². The van der Waals surface area contributed by atoms with Crippen LogP contribution in [0.1, 0.15) is 40.0 Å². The molecule has 0 aromatic rings. The maximum Gasteiger partial charge on any atom is 0.309 e. The summed E-state index contributed by atoms with van der Waals surface area (Å²) in [5.41, 5.74) is 0. The van der Waals surface area contributed by atoms with Crippen LogP contribution in [0.25, 0.3) is 0 Å². The Labute approximate surface area is 104 Å². The van der Waals surface area contributed by atoms with Gasteiger partial charge >= 0.3 is 5.97 Å². The molecule has 2 aliphatic rings. The number of hydrogen-bond donors (Lipinski definition) is 1. The lowest BCUT2D eigenvalue weighted by atomic mass is 9.81. The smallest absolute Gasteiger partial charge is 0.309 e. The third kappa shape index (κ3) is 3.21. The molecule has 0 aromatic heterocycles. The second-order valence-corrected chi connectivity index (χ2v) is 6.18. The average Bonchev–Trinajstić information content (AvgIpc) is 2.12. The highest BCUT2D eigenvalue weighted by Gasteiger charge is 2.33. The van der Waals surface area contributed by atoms with Crippen LogP contribution >= 0.6 is 0 Å². The van der Waals surface area contributed by atoms with Crippen molar-refractivity contribution >= 4 is 5.97 Å². The molecule has 3 nitrogen and oxygen atoms in total. The number of hydrogen-bond acceptors (Lipinski definition) is 3. The number of rotatable bonds is 3. The predicted molar refractivity (Wildman–Crippen MR) is 67.6 cm³/mol. The second-order valence-electron chi connectivity index (χ2n) is 6.18. The molecular weight excluding hydrogens is 214 g/mol. The summed E-state index contributed by atoms with van der Waals surface area (Å²) in [6, 6.07) is 0. The lowest BCUT2D eigenvalue weighted by molar-refractivity contribution is -0.159. The van der Waals surface area contributed by atoms with Crippen molar-refractivity contribution < 1.29 is 9.53 Å². The summed E-state index contributed by atoms with van der Waals surface area (Å²) in [5.74, 6) is 1.95. The fourth-order valence-electron chi connectivity index (χ4n) is 3.10. The highest BCUT2D eigenvalue weighted by molar-refractivity contribution is 5.72. The molecule has 0 amide bonds. The van der Waals surface area contributed by atoms with E-state index in [4.69, 9.17) is 4.74 Å². The van der Waals surface area contributed by atoms with Crippen molar-refractivity contribution in [1.29, 1.82) is 0 Å². The van der Waals surface area contributed by atoms with Crippen molar-refractivity contribution in [3.8, 4) is 0 Å². The van der Waals surface area contributed by atoms with Gasteiger partial charge in [-0.25, -0.2) is 0 Å². The zero-order valence-electron chi connectivity index (χ0n) is 11.2. The molecule has 0 aromatic carbocycles. The van der Waals surface area contributed by atoms with E-state index in [1.807, 2.05) is 6.92 Å². The molecule has 1 N–H and O–H groups in total. The first-order valence-electron chi connectivity index (χ1n) is 6.97. The summed E-state index contributed by atoms with van der Waals surface area (Å²) in [7, 11) is 0.